The van der Waals surface area contributed by atoms with Gasteiger partial charge in [-0.1, -0.05) is 0 Å². The molecule has 1 rings (SSSR count). The topological polar surface area (TPSA) is 76.7 Å². The van der Waals surface area contributed by atoms with E-state index in [-0.39, 0.29) is 5.69 Å². The first-order valence-electron chi connectivity index (χ1n) is 3.14. The third-order valence-corrected chi connectivity index (χ3v) is 1.22. The van der Waals surface area contributed by atoms with E-state index < -0.39 is 0 Å². The van der Waals surface area contributed by atoms with Gasteiger partial charge < -0.3 is 5.73 Å². The lowest BCUT2D eigenvalue weighted by atomic mass is 10.4. The number of H-pyrrole nitrogens is 1. The molecule has 0 spiro atoms. The van der Waals surface area contributed by atoms with E-state index in [0.29, 0.717) is 13.1 Å². The molecule has 5 nitrogen and oxygen atoms in total. The van der Waals surface area contributed by atoms with Crippen LogP contribution in [0.1, 0.15) is 6.42 Å². The molecule has 3 N–H and O–H groups in total. The molecule has 0 aromatic carbocycles. The molecule has 0 saturated carbocycles. The predicted molar refractivity (Wildman–Crippen MR) is 36.5 cm³/mol. The molecule has 10 heavy (non-hydrogen) atoms. The highest BCUT2D eigenvalue weighted by molar-refractivity contribution is 4.62. The third-order valence-electron chi connectivity index (χ3n) is 1.22. The molecule has 0 saturated heterocycles. The van der Waals surface area contributed by atoms with Crippen molar-refractivity contribution >= 4 is 0 Å². The maximum atomic E-state index is 10.7. The van der Waals surface area contributed by atoms with Crippen LogP contribution >= 0.6 is 0 Å². The molecule has 0 fully saturated rings. The van der Waals surface area contributed by atoms with Crippen LogP contribution in [0, 0.1) is 0 Å². The minimum absolute atomic E-state index is 0.173. The second-order valence-electron chi connectivity index (χ2n) is 2.00. The summed E-state index contributed by atoms with van der Waals surface area (Å²) in [6, 6.07) is 0. The van der Waals surface area contributed by atoms with Crippen molar-refractivity contribution in [2.75, 3.05) is 6.54 Å². The van der Waals surface area contributed by atoms with Crippen molar-refractivity contribution in [3.05, 3.63) is 16.8 Å². The van der Waals surface area contributed by atoms with Crippen LogP contribution in [0.5, 0.6) is 0 Å². The lowest BCUT2D eigenvalue weighted by Gasteiger charge is -1.94. The molecule has 0 bridgehead atoms. The highest BCUT2D eigenvalue weighted by atomic mass is 16.1. The van der Waals surface area contributed by atoms with Crippen molar-refractivity contribution in [3.8, 4) is 0 Å². The SMILES string of the molecule is NCCCn1cn[nH]c1=O. The number of aromatic nitrogens is 3. The maximum absolute atomic E-state index is 10.7. The van der Waals surface area contributed by atoms with Crippen LogP contribution < -0.4 is 11.4 Å². The average molecular weight is 142 g/mol. The molecule has 0 amide bonds. The Morgan fingerprint density at radius 3 is 3.10 bits per heavy atom. The van der Waals surface area contributed by atoms with E-state index in [1.807, 2.05) is 0 Å². The van der Waals surface area contributed by atoms with Gasteiger partial charge >= 0.3 is 5.69 Å². The Labute approximate surface area is 57.9 Å². The van der Waals surface area contributed by atoms with Gasteiger partial charge in [-0.2, -0.15) is 5.10 Å². The number of aryl methyl sites for hydroxylation is 1. The van der Waals surface area contributed by atoms with Crippen molar-refractivity contribution in [2.45, 2.75) is 13.0 Å². The zero-order valence-corrected chi connectivity index (χ0v) is 5.58. The zero-order chi connectivity index (χ0) is 7.40. The van der Waals surface area contributed by atoms with Crippen LogP contribution in [-0.2, 0) is 6.54 Å². The van der Waals surface area contributed by atoms with Gasteiger partial charge in [-0.05, 0) is 13.0 Å². The van der Waals surface area contributed by atoms with Crippen LogP contribution in [0.4, 0.5) is 0 Å². The van der Waals surface area contributed by atoms with Crippen molar-refractivity contribution < 1.29 is 0 Å². The zero-order valence-electron chi connectivity index (χ0n) is 5.58. The number of nitrogens with two attached hydrogens (primary N) is 1. The molecule has 1 aromatic heterocycles. The first-order chi connectivity index (χ1) is 4.84. The van der Waals surface area contributed by atoms with Crippen LogP contribution in [0.2, 0.25) is 0 Å². The average Bonchev–Trinajstić information content (AvgIpc) is 2.31. The maximum Gasteiger partial charge on any atom is 0.343 e. The lowest BCUT2D eigenvalue weighted by Crippen LogP contribution is -2.17. The molecule has 1 heterocycles. The van der Waals surface area contributed by atoms with E-state index in [9.17, 15) is 4.79 Å². The number of aromatic amines is 1. The molecule has 0 aliphatic carbocycles. The lowest BCUT2D eigenvalue weighted by molar-refractivity contribution is 0.631. The van der Waals surface area contributed by atoms with E-state index in [1.54, 1.807) is 0 Å². The Morgan fingerprint density at radius 1 is 1.80 bits per heavy atom. The van der Waals surface area contributed by atoms with E-state index in [1.165, 1.54) is 10.9 Å². The first kappa shape index (κ1) is 7.01. The number of rotatable bonds is 3. The predicted octanol–water partition coefficient (Wildman–Crippen LogP) is -1.08. The third kappa shape index (κ3) is 1.44. The summed E-state index contributed by atoms with van der Waals surface area (Å²) in [7, 11) is 0. The van der Waals surface area contributed by atoms with Crippen LogP contribution in [-0.4, -0.2) is 21.3 Å². The Kier molecular flexibility index (Phi) is 2.22. The Bertz CT molecular complexity index is 238. The second kappa shape index (κ2) is 3.17. The molecular weight excluding hydrogens is 132 g/mol. The number of nitrogens with zero attached hydrogens (tertiary/aromatic N) is 2. The van der Waals surface area contributed by atoms with Crippen LogP contribution in [0.15, 0.2) is 11.1 Å². The largest absolute Gasteiger partial charge is 0.343 e. The molecule has 0 atom stereocenters. The molecule has 0 unspecified atom stereocenters. The van der Waals surface area contributed by atoms with E-state index in [0.717, 1.165) is 6.42 Å². The highest BCUT2D eigenvalue weighted by Crippen LogP contribution is 1.79. The van der Waals surface area contributed by atoms with Crippen LogP contribution in [0.3, 0.4) is 0 Å². The monoisotopic (exact) mass is 142 g/mol. The summed E-state index contributed by atoms with van der Waals surface area (Å²) >= 11 is 0. The van der Waals surface area contributed by atoms with Crippen molar-refractivity contribution in [1.29, 1.82) is 0 Å². The second-order valence-corrected chi connectivity index (χ2v) is 2.00. The smallest absolute Gasteiger partial charge is 0.330 e. The minimum atomic E-state index is -0.173. The summed E-state index contributed by atoms with van der Waals surface area (Å²) < 4.78 is 1.49. The molecular formula is C5H10N4O. The van der Waals surface area contributed by atoms with E-state index >= 15 is 0 Å². The van der Waals surface area contributed by atoms with Gasteiger partial charge in [0.05, 0.1) is 0 Å². The summed E-state index contributed by atoms with van der Waals surface area (Å²) in [5.74, 6) is 0. The number of hydrogen-bond acceptors (Lipinski definition) is 3. The van der Waals surface area contributed by atoms with Gasteiger partial charge in [0.1, 0.15) is 6.33 Å². The molecule has 0 aliphatic rings. The highest BCUT2D eigenvalue weighted by Gasteiger charge is 1.93. The summed E-state index contributed by atoms with van der Waals surface area (Å²) in [6.07, 6.45) is 2.28. The normalized spacial score (nSPS) is 10.1. The minimum Gasteiger partial charge on any atom is -0.330 e. The van der Waals surface area contributed by atoms with Gasteiger partial charge in [-0.3, -0.25) is 4.57 Å². The van der Waals surface area contributed by atoms with E-state index in [2.05, 4.69) is 10.2 Å². The van der Waals surface area contributed by atoms with Crippen LogP contribution in [0.25, 0.3) is 0 Å². The van der Waals surface area contributed by atoms with Crippen molar-refractivity contribution in [2.24, 2.45) is 5.73 Å². The molecule has 5 heteroatoms. The summed E-state index contributed by atoms with van der Waals surface area (Å²) in [4.78, 5) is 10.7. The van der Waals surface area contributed by atoms with Gasteiger partial charge in [0.2, 0.25) is 0 Å². The van der Waals surface area contributed by atoms with Gasteiger partial charge in [0.15, 0.2) is 0 Å². The van der Waals surface area contributed by atoms with Gasteiger partial charge in [-0.15, -0.1) is 0 Å². The van der Waals surface area contributed by atoms with Gasteiger partial charge in [0, 0.05) is 6.54 Å². The summed E-state index contributed by atoms with van der Waals surface area (Å²) in [6.45, 7) is 1.24. The quantitative estimate of drug-likeness (QED) is 0.563. The Morgan fingerprint density at radius 2 is 2.60 bits per heavy atom. The molecule has 0 radical (unpaired) electrons. The van der Waals surface area contributed by atoms with Crippen molar-refractivity contribution in [3.63, 3.8) is 0 Å². The number of nitrogens with one attached hydrogen (secondary N) is 1. The Balaban J connectivity index is 2.57. The first-order valence-corrected chi connectivity index (χ1v) is 3.14. The number of hydrogen-bond donors (Lipinski definition) is 2. The summed E-state index contributed by atoms with van der Waals surface area (Å²) in [5.41, 5.74) is 5.08. The van der Waals surface area contributed by atoms with Gasteiger partial charge in [0.25, 0.3) is 0 Å². The fourth-order valence-electron chi connectivity index (χ4n) is 0.691. The summed E-state index contributed by atoms with van der Waals surface area (Å²) in [5, 5.41) is 5.85. The fourth-order valence-corrected chi connectivity index (χ4v) is 0.691. The molecule has 0 aliphatic heterocycles. The fraction of sp³-hybridized carbons (Fsp3) is 0.600. The molecule has 56 valence electrons. The van der Waals surface area contributed by atoms with Crippen molar-refractivity contribution in [1.82, 2.24) is 14.8 Å². The standard InChI is InChI=1S/C5H10N4O/c6-2-1-3-9-4-7-8-5(9)10/h4H,1-3,6H2,(H,8,10). The molecule has 1 aromatic rings. The van der Waals surface area contributed by atoms with E-state index in [4.69, 9.17) is 5.73 Å². The Hall–Kier alpha value is -1.10. The van der Waals surface area contributed by atoms with Gasteiger partial charge in [-0.25, -0.2) is 9.89 Å².